The normalized spacial score (nSPS) is 23.1. The fraction of sp³-hybridized carbons (Fsp3) is 0.545. The number of fused-ring (bicyclic) bond motifs is 2. The minimum Gasteiger partial charge on any atom is -0.384 e. The van der Waals surface area contributed by atoms with Gasteiger partial charge >= 0.3 is 0 Å². The zero-order valence-electron chi connectivity index (χ0n) is 8.21. The molecule has 0 saturated carbocycles. The third kappa shape index (κ3) is 1.05. The van der Waals surface area contributed by atoms with Gasteiger partial charge in [0.25, 0.3) is 0 Å². The van der Waals surface area contributed by atoms with Crippen molar-refractivity contribution in [2.24, 2.45) is 0 Å². The molecule has 3 nitrogen and oxygen atoms in total. The predicted octanol–water partition coefficient (Wildman–Crippen LogP) is 1.13. The molecule has 1 aromatic heterocycles. The zero-order valence-corrected chi connectivity index (χ0v) is 8.21. The average Bonchev–Trinajstić information content (AvgIpc) is 2.60. The third-order valence-electron chi connectivity index (χ3n) is 3.57. The van der Waals surface area contributed by atoms with Crippen molar-refractivity contribution in [3.8, 4) is 0 Å². The number of pyridine rings is 1. The molecule has 1 aromatic rings. The van der Waals surface area contributed by atoms with Crippen molar-refractivity contribution < 1.29 is 0 Å². The summed E-state index contributed by atoms with van der Waals surface area (Å²) >= 11 is 0. The largest absolute Gasteiger partial charge is 0.384 e. The Morgan fingerprint density at radius 2 is 2.14 bits per heavy atom. The highest BCUT2D eigenvalue weighted by Gasteiger charge is 2.39. The lowest BCUT2D eigenvalue weighted by molar-refractivity contribution is 0.334. The number of hydrogen-bond acceptors (Lipinski definition) is 3. The molecule has 0 atom stereocenters. The average molecular weight is 189 g/mol. The van der Waals surface area contributed by atoms with Gasteiger partial charge in [0.05, 0.1) is 0 Å². The van der Waals surface area contributed by atoms with Crippen molar-refractivity contribution in [1.29, 1.82) is 0 Å². The zero-order chi connectivity index (χ0) is 9.43. The van der Waals surface area contributed by atoms with Crippen LogP contribution >= 0.6 is 0 Å². The standard InChI is InChI=1S/C11H15N3/c1-4-13-7-9-10(1)14-8-11(9)2-5-12-6-3-11/h1,4,7,12,14H,2-3,5-6,8H2. The van der Waals surface area contributed by atoms with E-state index in [-0.39, 0.29) is 0 Å². The van der Waals surface area contributed by atoms with Gasteiger partial charge < -0.3 is 10.6 Å². The van der Waals surface area contributed by atoms with Crippen molar-refractivity contribution in [1.82, 2.24) is 10.3 Å². The maximum absolute atomic E-state index is 4.25. The number of piperidine rings is 1. The Kier molecular flexibility index (Phi) is 1.74. The highest BCUT2D eigenvalue weighted by Crippen LogP contribution is 2.41. The molecule has 2 N–H and O–H groups in total. The van der Waals surface area contributed by atoms with Crippen LogP contribution in [0, 0.1) is 0 Å². The van der Waals surface area contributed by atoms with Crippen LogP contribution < -0.4 is 10.6 Å². The summed E-state index contributed by atoms with van der Waals surface area (Å²) in [4.78, 5) is 4.25. The summed E-state index contributed by atoms with van der Waals surface area (Å²) in [5, 5.41) is 6.91. The number of nitrogens with zero attached hydrogens (tertiary/aromatic N) is 1. The van der Waals surface area contributed by atoms with Gasteiger partial charge in [0.15, 0.2) is 0 Å². The fourth-order valence-corrected chi connectivity index (χ4v) is 2.68. The molecule has 0 bridgehead atoms. The maximum atomic E-state index is 4.25. The minimum absolute atomic E-state index is 0.370. The molecule has 3 rings (SSSR count). The van der Waals surface area contributed by atoms with E-state index in [0.717, 1.165) is 19.6 Å². The van der Waals surface area contributed by atoms with Crippen molar-refractivity contribution in [3.63, 3.8) is 0 Å². The van der Waals surface area contributed by atoms with Crippen molar-refractivity contribution in [3.05, 3.63) is 24.0 Å². The fourth-order valence-electron chi connectivity index (χ4n) is 2.68. The highest BCUT2D eigenvalue weighted by atomic mass is 15.0. The molecule has 0 amide bonds. The van der Waals surface area contributed by atoms with Crippen LogP contribution in [0.3, 0.4) is 0 Å². The highest BCUT2D eigenvalue weighted by molar-refractivity contribution is 5.59. The van der Waals surface area contributed by atoms with Crippen LogP contribution in [0.4, 0.5) is 5.69 Å². The minimum atomic E-state index is 0.370. The van der Waals surface area contributed by atoms with Gasteiger partial charge in [0.1, 0.15) is 0 Å². The van der Waals surface area contributed by atoms with Crippen LogP contribution in [0.5, 0.6) is 0 Å². The summed E-state index contributed by atoms with van der Waals surface area (Å²) in [6, 6.07) is 2.09. The summed E-state index contributed by atoms with van der Waals surface area (Å²) in [5.74, 6) is 0. The molecule has 14 heavy (non-hydrogen) atoms. The van der Waals surface area contributed by atoms with Crippen LogP contribution in [0.25, 0.3) is 0 Å². The van der Waals surface area contributed by atoms with E-state index in [0.29, 0.717) is 5.41 Å². The molecule has 0 aliphatic carbocycles. The van der Waals surface area contributed by atoms with Crippen LogP contribution in [-0.2, 0) is 5.41 Å². The number of rotatable bonds is 0. The second-order valence-corrected chi connectivity index (χ2v) is 4.31. The molecule has 0 aromatic carbocycles. The topological polar surface area (TPSA) is 37.0 Å². The molecule has 1 spiro atoms. The Morgan fingerprint density at radius 3 is 3.00 bits per heavy atom. The summed E-state index contributed by atoms with van der Waals surface area (Å²) in [6.07, 6.45) is 6.38. The molecule has 2 aliphatic rings. The Morgan fingerprint density at radius 1 is 1.29 bits per heavy atom. The van der Waals surface area contributed by atoms with Gasteiger partial charge in [0, 0.05) is 35.6 Å². The van der Waals surface area contributed by atoms with E-state index in [9.17, 15) is 0 Å². The van der Waals surface area contributed by atoms with Crippen molar-refractivity contribution >= 4 is 5.69 Å². The predicted molar refractivity (Wildman–Crippen MR) is 56.5 cm³/mol. The first kappa shape index (κ1) is 8.24. The number of nitrogens with one attached hydrogen (secondary N) is 2. The van der Waals surface area contributed by atoms with Gasteiger partial charge in [-0.2, -0.15) is 0 Å². The van der Waals surface area contributed by atoms with E-state index in [1.54, 1.807) is 0 Å². The molecule has 1 fully saturated rings. The molecule has 1 saturated heterocycles. The second-order valence-electron chi connectivity index (χ2n) is 4.31. The molecule has 0 unspecified atom stereocenters. The van der Waals surface area contributed by atoms with Gasteiger partial charge in [0.2, 0.25) is 0 Å². The maximum Gasteiger partial charge on any atom is 0.0410 e. The van der Waals surface area contributed by atoms with Gasteiger partial charge in [-0.3, -0.25) is 4.98 Å². The summed E-state index contributed by atoms with van der Waals surface area (Å²) in [7, 11) is 0. The first-order chi connectivity index (χ1) is 6.91. The van der Waals surface area contributed by atoms with Gasteiger partial charge in [-0.15, -0.1) is 0 Å². The Hall–Kier alpha value is -1.09. The smallest absolute Gasteiger partial charge is 0.0410 e. The number of hydrogen-bond donors (Lipinski definition) is 2. The van der Waals surface area contributed by atoms with E-state index >= 15 is 0 Å². The third-order valence-corrected chi connectivity index (χ3v) is 3.57. The lowest BCUT2D eigenvalue weighted by Crippen LogP contribution is -2.41. The Bertz CT molecular complexity index is 337. The monoisotopic (exact) mass is 189 g/mol. The first-order valence-electron chi connectivity index (χ1n) is 5.30. The molecule has 74 valence electrons. The van der Waals surface area contributed by atoms with Gasteiger partial charge in [-0.1, -0.05) is 0 Å². The lowest BCUT2D eigenvalue weighted by Gasteiger charge is -2.33. The summed E-state index contributed by atoms with van der Waals surface area (Å²) in [6.45, 7) is 3.36. The number of aromatic nitrogens is 1. The molecular weight excluding hydrogens is 174 g/mol. The van der Waals surface area contributed by atoms with E-state index in [2.05, 4.69) is 21.7 Å². The first-order valence-corrected chi connectivity index (χ1v) is 5.30. The van der Waals surface area contributed by atoms with E-state index < -0.39 is 0 Å². The Balaban J connectivity index is 2.03. The van der Waals surface area contributed by atoms with E-state index in [4.69, 9.17) is 0 Å². The van der Waals surface area contributed by atoms with Crippen molar-refractivity contribution in [2.75, 3.05) is 25.0 Å². The molecule has 0 radical (unpaired) electrons. The van der Waals surface area contributed by atoms with Crippen LogP contribution in [-0.4, -0.2) is 24.6 Å². The second kappa shape index (κ2) is 2.95. The lowest BCUT2D eigenvalue weighted by atomic mass is 9.75. The molecule has 3 heteroatoms. The summed E-state index contributed by atoms with van der Waals surface area (Å²) < 4.78 is 0. The van der Waals surface area contributed by atoms with Gasteiger partial charge in [-0.25, -0.2) is 0 Å². The molecular formula is C11H15N3. The molecule has 2 aliphatic heterocycles. The number of anilines is 1. The summed E-state index contributed by atoms with van der Waals surface area (Å²) in [5.41, 5.74) is 3.10. The van der Waals surface area contributed by atoms with Crippen LogP contribution in [0.15, 0.2) is 18.5 Å². The van der Waals surface area contributed by atoms with E-state index in [1.165, 1.54) is 24.1 Å². The molecule has 3 heterocycles. The van der Waals surface area contributed by atoms with E-state index in [1.807, 2.05) is 12.4 Å². The van der Waals surface area contributed by atoms with Crippen molar-refractivity contribution in [2.45, 2.75) is 18.3 Å². The van der Waals surface area contributed by atoms with Crippen LogP contribution in [0.2, 0.25) is 0 Å². The van der Waals surface area contributed by atoms with Crippen LogP contribution in [0.1, 0.15) is 18.4 Å². The SMILES string of the molecule is c1cc2c(cn1)C1(CCNCC1)CN2. The van der Waals surface area contributed by atoms with Gasteiger partial charge in [-0.05, 0) is 32.0 Å². The Labute approximate surface area is 83.9 Å². The quantitative estimate of drug-likeness (QED) is 0.642.